The Labute approximate surface area is 114 Å². The van der Waals surface area contributed by atoms with E-state index in [9.17, 15) is 14.9 Å². The monoisotopic (exact) mass is 273 g/mol. The fourth-order valence-electron chi connectivity index (χ4n) is 1.65. The predicted molar refractivity (Wildman–Crippen MR) is 72.3 cm³/mol. The second-order valence-corrected chi connectivity index (χ2v) is 3.95. The highest BCUT2D eigenvalue weighted by molar-refractivity contribution is 6.08. The maximum absolute atomic E-state index is 12.3. The minimum Gasteiger partial charge on any atom is -0.384 e. The van der Waals surface area contributed by atoms with Crippen molar-refractivity contribution in [2.75, 3.05) is 17.7 Å². The summed E-state index contributed by atoms with van der Waals surface area (Å²) in [4.78, 5) is 31.4. The number of nitro groups is 1. The Hall–Kier alpha value is -3.03. The van der Waals surface area contributed by atoms with Crippen molar-refractivity contribution in [2.24, 2.45) is 0 Å². The van der Waals surface area contributed by atoms with E-state index in [2.05, 4.69) is 9.97 Å². The first-order chi connectivity index (χ1) is 9.50. The standard InChI is InChI=1S/C12H11N5O3/c1-16(8-2-4-14-5-3-8)12(18)9-6-11(13)15-7-10(9)17(19)20/h2-7H,1H3,(H2,13,15). The molecule has 2 aromatic heterocycles. The molecule has 0 saturated carbocycles. The Bertz CT molecular complexity index is 659. The average Bonchev–Trinajstić information content (AvgIpc) is 2.46. The Morgan fingerprint density at radius 2 is 2.05 bits per heavy atom. The molecule has 0 aliphatic heterocycles. The smallest absolute Gasteiger partial charge is 0.300 e. The molecule has 102 valence electrons. The summed E-state index contributed by atoms with van der Waals surface area (Å²) in [6.07, 6.45) is 4.02. The van der Waals surface area contributed by atoms with Crippen LogP contribution in [0.25, 0.3) is 0 Å². The first-order valence-electron chi connectivity index (χ1n) is 5.58. The van der Waals surface area contributed by atoms with E-state index in [-0.39, 0.29) is 17.1 Å². The van der Waals surface area contributed by atoms with Gasteiger partial charge in [0.2, 0.25) is 0 Å². The van der Waals surface area contributed by atoms with Crippen LogP contribution in [-0.4, -0.2) is 27.8 Å². The normalized spacial score (nSPS) is 10.1. The van der Waals surface area contributed by atoms with Crippen LogP contribution in [0.3, 0.4) is 0 Å². The summed E-state index contributed by atoms with van der Waals surface area (Å²) in [7, 11) is 1.51. The number of hydrogen-bond donors (Lipinski definition) is 1. The van der Waals surface area contributed by atoms with E-state index in [0.29, 0.717) is 5.69 Å². The van der Waals surface area contributed by atoms with Crippen molar-refractivity contribution < 1.29 is 9.72 Å². The summed E-state index contributed by atoms with van der Waals surface area (Å²) < 4.78 is 0. The number of nitrogen functional groups attached to an aromatic ring is 1. The van der Waals surface area contributed by atoms with Crippen LogP contribution in [0.15, 0.2) is 36.8 Å². The molecule has 0 radical (unpaired) electrons. The molecule has 0 bridgehead atoms. The molecular weight excluding hydrogens is 262 g/mol. The number of hydrogen-bond acceptors (Lipinski definition) is 6. The summed E-state index contributed by atoms with van der Waals surface area (Å²) >= 11 is 0. The summed E-state index contributed by atoms with van der Waals surface area (Å²) in [5, 5.41) is 10.9. The quantitative estimate of drug-likeness (QED) is 0.664. The SMILES string of the molecule is CN(C(=O)c1cc(N)ncc1[N+](=O)[O-])c1ccncc1. The Balaban J connectivity index is 2.43. The predicted octanol–water partition coefficient (Wildman–Crippen LogP) is 1.24. The number of amides is 1. The van der Waals surface area contributed by atoms with Crippen molar-refractivity contribution in [2.45, 2.75) is 0 Å². The van der Waals surface area contributed by atoms with Crippen molar-refractivity contribution >= 4 is 23.1 Å². The number of carbonyl (C=O) groups excluding carboxylic acids is 1. The summed E-state index contributed by atoms with van der Waals surface area (Å²) in [5.41, 5.74) is 5.56. The molecule has 0 atom stereocenters. The molecule has 0 fully saturated rings. The van der Waals surface area contributed by atoms with Crippen LogP contribution in [-0.2, 0) is 0 Å². The van der Waals surface area contributed by atoms with Gasteiger partial charge in [-0.25, -0.2) is 4.98 Å². The molecule has 0 aliphatic rings. The molecule has 2 heterocycles. The number of nitrogens with zero attached hydrogens (tertiary/aromatic N) is 4. The van der Waals surface area contributed by atoms with Gasteiger partial charge >= 0.3 is 0 Å². The van der Waals surface area contributed by atoms with Crippen molar-refractivity contribution in [1.29, 1.82) is 0 Å². The summed E-state index contributed by atoms with van der Waals surface area (Å²) in [6, 6.07) is 4.43. The van der Waals surface area contributed by atoms with Crippen molar-refractivity contribution in [3.05, 3.63) is 52.5 Å². The van der Waals surface area contributed by atoms with Gasteiger partial charge in [0.15, 0.2) is 0 Å². The topological polar surface area (TPSA) is 115 Å². The minimum absolute atomic E-state index is 0.0436. The first kappa shape index (κ1) is 13.4. The van der Waals surface area contributed by atoms with E-state index < -0.39 is 10.8 Å². The number of aromatic nitrogens is 2. The van der Waals surface area contributed by atoms with E-state index in [1.54, 1.807) is 12.1 Å². The lowest BCUT2D eigenvalue weighted by Crippen LogP contribution is -2.27. The molecule has 0 saturated heterocycles. The number of pyridine rings is 2. The van der Waals surface area contributed by atoms with Gasteiger partial charge in [-0.3, -0.25) is 19.9 Å². The van der Waals surface area contributed by atoms with Crippen LogP contribution in [0.5, 0.6) is 0 Å². The lowest BCUT2D eigenvalue weighted by molar-refractivity contribution is -0.385. The largest absolute Gasteiger partial charge is 0.384 e. The number of carbonyl (C=O) groups is 1. The van der Waals surface area contributed by atoms with Crippen LogP contribution in [0.2, 0.25) is 0 Å². The molecule has 0 spiro atoms. The molecule has 0 aliphatic carbocycles. The van der Waals surface area contributed by atoms with Crippen LogP contribution in [0.1, 0.15) is 10.4 Å². The fraction of sp³-hybridized carbons (Fsp3) is 0.0833. The van der Waals surface area contributed by atoms with Crippen LogP contribution >= 0.6 is 0 Å². The molecule has 20 heavy (non-hydrogen) atoms. The first-order valence-corrected chi connectivity index (χ1v) is 5.58. The highest BCUT2D eigenvalue weighted by Crippen LogP contribution is 2.22. The van der Waals surface area contributed by atoms with E-state index in [1.165, 1.54) is 30.4 Å². The maximum Gasteiger partial charge on any atom is 0.300 e. The zero-order chi connectivity index (χ0) is 14.7. The van der Waals surface area contributed by atoms with Gasteiger partial charge in [-0.15, -0.1) is 0 Å². The second-order valence-electron chi connectivity index (χ2n) is 3.95. The Kier molecular flexibility index (Phi) is 3.56. The minimum atomic E-state index is -0.667. The summed E-state index contributed by atoms with van der Waals surface area (Å²) in [5.74, 6) is -0.501. The van der Waals surface area contributed by atoms with Gasteiger partial charge in [0.05, 0.1) is 4.92 Å². The van der Waals surface area contributed by atoms with Crippen molar-refractivity contribution in [1.82, 2.24) is 9.97 Å². The number of anilines is 2. The van der Waals surface area contributed by atoms with Gasteiger partial charge in [0, 0.05) is 25.1 Å². The highest BCUT2D eigenvalue weighted by atomic mass is 16.6. The molecular formula is C12H11N5O3. The van der Waals surface area contributed by atoms with Gasteiger partial charge in [-0.05, 0) is 18.2 Å². The zero-order valence-corrected chi connectivity index (χ0v) is 10.6. The third kappa shape index (κ3) is 2.53. The third-order valence-electron chi connectivity index (χ3n) is 2.69. The lowest BCUT2D eigenvalue weighted by atomic mass is 10.2. The summed E-state index contributed by atoms with van der Waals surface area (Å²) in [6.45, 7) is 0. The molecule has 2 N–H and O–H groups in total. The molecule has 2 rings (SSSR count). The van der Waals surface area contributed by atoms with Gasteiger partial charge in [-0.1, -0.05) is 0 Å². The highest BCUT2D eigenvalue weighted by Gasteiger charge is 2.24. The van der Waals surface area contributed by atoms with E-state index in [1.807, 2.05) is 0 Å². The molecule has 0 unspecified atom stereocenters. The number of rotatable bonds is 3. The molecule has 8 nitrogen and oxygen atoms in total. The van der Waals surface area contributed by atoms with Crippen molar-refractivity contribution in [3.63, 3.8) is 0 Å². The maximum atomic E-state index is 12.3. The molecule has 2 aromatic rings. The number of nitrogens with two attached hydrogens (primary N) is 1. The fourth-order valence-corrected chi connectivity index (χ4v) is 1.65. The van der Waals surface area contributed by atoms with Gasteiger partial charge in [0.25, 0.3) is 11.6 Å². The average molecular weight is 273 g/mol. The Morgan fingerprint density at radius 1 is 1.40 bits per heavy atom. The zero-order valence-electron chi connectivity index (χ0n) is 10.6. The van der Waals surface area contributed by atoms with Crippen LogP contribution in [0, 0.1) is 10.1 Å². The lowest BCUT2D eigenvalue weighted by Gasteiger charge is -2.17. The Morgan fingerprint density at radius 3 is 2.65 bits per heavy atom. The van der Waals surface area contributed by atoms with Crippen molar-refractivity contribution in [3.8, 4) is 0 Å². The molecule has 1 amide bonds. The second kappa shape index (κ2) is 5.31. The van der Waals surface area contributed by atoms with Crippen LogP contribution in [0.4, 0.5) is 17.2 Å². The van der Waals surface area contributed by atoms with Gasteiger partial charge in [0.1, 0.15) is 17.6 Å². The third-order valence-corrected chi connectivity index (χ3v) is 2.69. The van der Waals surface area contributed by atoms with E-state index in [0.717, 1.165) is 6.20 Å². The van der Waals surface area contributed by atoms with E-state index in [4.69, 9.17) is 5.73 Å². The molecule has 0 aromatic carbocycles. The van der Waals surface area contributed by atoms with Gasteiger partial charge < -0.3 is 10.6 Å². The molecule has 8 heteroatoms. The van der Waals surface area contributed by atoms with E-state index >= 15 is 0 Å². The van der Waals surface area contributed by atoms with Crippen LogP contribution < -0.4 is 10.6 Å². The van der Waals surface area contributed by atoms with Gasteiger partial charge in [-0.2, -0.15) is 0 Å².